The number of nitrogens with one attached hydrogen (secondary N) is 2. The van der Waals surface area contributed by atoms with Gasteiger partial charge in [-0.1, -0.05) is 133 Å². The molecule has 15 atom stereocenters. The first-order valence-corrected chi connectivity index (χ1v) is 31.2. The lowest BCUT2D eigenvalue weighted by molar-refractivity contribution is -0.144. The molecule has 1 amide bonds. The molecule has 6 aromatic rings. The normalized spacial score (nSPS) is 29.7. The van der Waals surface area contributed by atoms with Gasteiger partial charge in [0.15, 0.2) is 0 Å². The molecule has 3 saturated heterocycles. The van der Waals surface area contributed by atoms with E-state index >= 15 is 0 Å². The minimum absolute atomic E-state index is 0.00303. The fourth-order valence-corrected chi connectivity index (χ4v) is 15.4. The van der Waals surface area contributed by atoms with Gasteiger partial charge in [-0.05, 0) is 121 Å². The summed E-state index contributed by atoms with van der Waals surface area (Å²) in [6, 6.07) is 41.0. The number of benzene rings is 3. The minimum atomic E-state index is -3.16. The third kappa shape index (κ3) is 13.5. The standard InChI is InChI=1S/C24H24N2O2.C23H25N3O2S.C23H23N3O2/c1-15-11-19-12-23(27)28-24(19)21(16(15)2)10-9-20-8-7-18(14-26-20)22-6-4-3-5-17(22)13-25;1-15-11-19-14-29(27,28)26-23(19)21(16(15)2)10-9-20-8-7-18(13-25-20)22-6-4-3-5-17(22)12-24;1-14-11-21-22(26-23(27)28-21)19(15(14)2)10-9-18-8-7-17(13-25-18)20-6-4-3-5-16(20)12-24/h3-10,14-16,19,21,24H,11-12H2,1-2H3;3-10,13,15-16,19,21,23,26H,11,14H2,1-2H3;3-10,13-15,19,21-22H,11H2,1-2H3,(H,26,27)/b3*10-9+/t15-,16+,19-,21-,24+;15-,16+,19-,21-,23+;14-,15+,19-,21+,22-/m000/s1. The van der Waals surface area contributed by atoms with Crippen LogP contribution in [0.2, 0.25) is 0 Å². The maximum Gasteiger partial charge on any atom is 0.407 e. The van der Waals surface area contributed by atoms with E-state index in [0.717, 1.165) is 69.7 Å². The molecule has 12 rings (SSSR count). The molecule has 0 spiro atoms. The van der Waals surface area contributed by atoms with E-state index in [2.05, 4.69) is 103 Å². The largest absolute Gasteiger partial charge is 0.461 e. The fourth-order valence-electron chi connectivity index (χ4n) is 13.6. The Kier molecular flexibility index (Phi) is 18.3. The highest BCUT2D eigenvalue weighted by atomic mass is 32.2. The average molecular weight is 1150 g/mol. The topological polar surface area (TPSA) is 221 Å². The minimum Gasteiger partial charge on any atom is -0.461 e. The predicted octanol–water partition coefficient (Wildman–Crippen LogP) is 13.1. The van der Waals surface area contributed by atoms with E-state index in [-0.39, 0.29) is 65.8 Å². The summed E-state index contributed by atoms with van der Waals surface area (Å²) in [5.74, 6) is 4.14. The number of pyridine rings is 3. The van der Waals surface area contributed by atoms with Crippen LogP contribution in [0.25, 0.3) is 51.6 Å². The number of nitriles is 3. The van der Waals surface area contributed by atoms with Crippen molar-refractivity contribution >= 4 is 40.3 Å². The van der Waals surface area contributed by atoms with Crippen molar-refractivity contribution in [2.75, 3.05) is 5.75 Å². The molecule has 15 heteroatoms. The second-order valence-corrected chi connectivity index (χ2v) is 25.9. The summed E-state index contributed by atoms with van der Waals surface area (Å²) in [5, 5.41) is 30.8. The zero-order valence-corrected chi connectivity index (χ0v) is 49.6. The SMILES string of the molecule is C[C@H]1[C@H](/C=C/c2ccc(-c3ccccc3C#N)cn2)[C@@H]2NC(=O)O[C@@H]2C[C@@H]1C.C[C@H]1[C@H](/C=C/c2ccc(-c3ccccc3C#N)cn2)[C@@H]2NS(=O)(=O)C[C@@H]2C[C@@H]1C.C[C@H]1[C@H](/C=C/c2ccc(-c3ccccc3C#N)cn2)[C@@H]2OC(=O)C[C@@H]2C[C@@H]1C. The molecule has 85 heavy (non-hydrogen) atoms. The number of carbonyl (C=O) groups is 2. The third-order valence-electron chi connectivity index (χ3n) is 18.9. The number of amides is 1. The van der Waals surface area contributed by atoms with Crippen molar-refractivity contribution in [3.05, 3.63) is 180 Å². The third-order valence-corrected chi connectivity index (χ3v) is 20.4. The Morgan fingerprint density at radius 1 is 0.518 bits per heavy atom. The number of esters is 1. The van der Waals surface area contributed by atoms with Crippen LogP contribution in [0.3, 0.4) is 0 Å². The van der Waals surface area contributed by atoms with Crippen LogP contribution in [0, 0.1) is 99.1 Å². The first-order valence-electron chi connectivity index (χ1n) is 29.6. The summed E-state index contributed by atoms with van der Waals surface area (Å²) >= 11 is 0. The van der Waals surface area contributed by atoms with Crippen molar-refractivity contribution in [3.63, 3.8) is 0 Å². The van der Waals surface area contributed by atoms with E-state index in [9.17, 15) is 33.8 Å². The van der Waals surface area contributed by atoms with Gasteiger partial charge in [-0.2, -0.15) is 15.8 Å². The molecular weight excluding hydrogens is 1080 g/mol. The Labute approximate surface area is 499 Å². The number of nitrogens with zero attached hydrogens (tertiary/aromatic N) is 6. The molecule has 6 heterocycles. The summed E-state index contributed by atoms with van der Waals surface area (Å²) in [4.78, 5) is 37.1. The highest BCUT2D eigenvalue weighted by Crippen LogP contribution is 2.46. The van der Waals surface area contributed by atoms with E-state index in [0.29, 0.717) is 64.5 Å². The summed E-state index contributed by atoms with van der Waals surface area (Å²) in [7, 11) is -3.16. The molecular formula is C70H72N8O6S. The van der Waals surface area contributed by atoms with Crippen molar-refractivity contribution in [1.82, 2.24) is 25.0 Å². The summed E-state index contributed by atoms with van der Waals surface area (Å²) < 4.78 is 38.1. The van der Waals surface area contributed by atoms with Crippen LogP contribution in [0.5, 0.6) is 0 Å². The number of hydrogen-bond donors (Lipinski definition) is 2. The number of fused-ring (bicyclic) bond motifs is 3. The molecule has 3 aromatic carbocycles. The Balaban J connectivity index is 0.000000142. The molecule has 3 aliphatic heterocycles. The number of hydrogen-bond acceptors (Lipinski definition) is 12. The van der Waals surface area contributed by atoms with Crippen LogP contribution in [0.4, 0.5) is 4.79 Å². The molecule has 0 radical (unpaired) electrons. The fraction of sp³-hybridized carbons (Fsp3) is 0.371. The van der Waals surface area contributed by atoms with E-state index in [1.165, 1.54) is 0 Å². The van der Waals surface area contributed by atoms with Crippen LogP contribution >= 0.6 is 0 Å². The highest BCUT2D eigenvalue weighted by Gasteiger charge is 2.49. The number of ether oxygens (including phenoxy) is 2. The monoisotopic (exact) mass is 1150 g/mol. The summed E-state index contributed by atoms with van der Waals surface area (Å²) in [5.41, 5.74) is 9.86. The Bertz CT molecular complexity index is 3580. The first-order chi connectivity index (χ1) is 41.0. The molecule has 2 N–H and O–H groups in total. The van der Waals surface area contributed by atoms with Crippen LogP contribution in [-0.4, -0.2) is 65.5 Å². The number of sulfonamides is 1. The molecule has 3 saturated carbocycles. The van der Waals surface area contributed by atoms with Gasteiger partial charge in [0, 0.05) is 75.8 Å². The molecule has 6 aliphatic rings. The smallest absolute Gasteiger partial charge is 0.407 e. The van der Waals surface area contributed by atoms with Crippen molar-refractivity contribution in [1.29, 1.82) is 15.8 Å². The maximum atomic E-state index is 12.1. The second kappa shape index (κ2) is 26.2. The Morgan fingerprint density at radius 3 is 1.38 bits per heavy atom. The molecule has 6 fully saturated rings. The number of aromatic nitrogens is 3. The zero-order valence-electron chi connectivity index (χ0n) is 48.8. The van der Waals surface area contributed by atoms with Gasteiger partial charge in [0.1, 0.15) is 12.2 Å². The van der Waals surface area contributed by atoms with E-state index < -0.39 is 10.0 Å². The number of alkyl carbamates (subject to hydrolysis) is 1. The first kappa shape index (κ1) is 59.6. The van der Waals surface area contributed by atoms with Gasteiger partial charge < -0.3 is 14.8 Å². The van der Waals surface area contributed by atoms with Crippen molar-refractivity contribution < 1.29 is 27.5 Å². The summed E-state index contributed by atoms with van der Waals surface area (Å²) in [6.07, 6.45) is 21.0. The molecule has 3 aliphatic carbocycles. The number of rotatable bonds is 9. The lowest BCUT2D eigenvalue weighted by Gasteiger charge is -2.40. The van der Waals surface area contributed by atoms with Crippen LogP contribution in [-0.2, 0) is 24.3 Å². The molecule has 0 unspecified atom stereocenters. The van der Waals surface area contributed by atoms with Crippen molar-refractivity contribution in [3.8, 4) is 51.6 Å². The van der Waals surface area contributed by atoms with Gasteiger partial charge in [-0.15, -0.1) is 0 Å². The zero-order chi connectivity index (χ0) is 59.9. The van der Waals surface area contributed by atoms with E-state index in [1.807, 2.05) is 121 Å². The highest BCUT2D eigenvalue weighted by molar-refractivity contribution is 7.89. The van der Waals surface area contributed by atoms with Gasteiger partial charge in [0.2, 0.25) is 10.0 Å². The van der Waals surface area contributed by atoms with Crippen molar-refractivity contribution in [2.24, 2.45) is 65.1 Å². The van der Waals surface area contributed by atoms with Gasteiger partial charge in [-0.3, -0.25) is 19.7 Å². The Morgan fingerprint density at radius 2 is 0.929 bits per heavy atom. The van der Waals surface area contributed by atoms with E-state index in [4.69, 9.17) is 9.47 Å². The van der Waals surface area contributed by atoms with Crippen LogP contribution in [0.1, 0.15) is 101 Å². The quantitative estimate of drug-likeness (QED) is 0.129. The molecule has 434 valence electrons. The number of carbonyl (C=O) groups excluding carboxylic acids is 2. The second-order valence-electron chi connectivity index (χ2n) is 24.1. The predicted molar refractivity (Wildman–Crippen MR) is 329 cm³/mol. The van der Waals surface area contributed by atoms with Gasteiger partial charge in [0.25, 0.3) is 0 Å². The Hall–Kier alpha value is -8.55. The summed E-state index contributed by atoms with van der Waals surface area (Å²) in [6.45, 7) is 13.4. The van der Waals surface area contributed by atoms with E-state index in [1.54, 1.807) is 24.7 Å². The maximum absolute atomic E-state index is 12.1. The van der Waals surface area contributed by atoms with Gasteiger partial charge >= 0.3 is 12.1 Å². The van der Waals surface area contributed by atoms with Gasteiger partial charge in [0.05, 0.1) is 70.2 Å². The van der Waals surface area contributed by atoms with Crippen LogP contribution < -0.4 is 10.0 Å². The van der Waals surface area contributed by atoms with Crippen LogP contribution in [0.15, 0.2) is 146 Å². The lowest BCUT2D eigenvalue weighted by Crippen LogP contribution is -2.47. The molecule has 14 nitrogen and oxygen atoms in total. The van der Waals surface area contributed by atoms with Crippen molar-refractivity contribution in [2.45, 2.75) is 91.5 Å². The molecule has 0 bridgehead atoms. The molecule has 3 aromatic heterocycles. The lowest BCUT2D eigenvalue weighted by atomic mass is 9.67. The van der Waals surface area contributed by atoms with Gasteiger partial charge in [-0.25, -0.2) is 17.9 Å². The average Bonchev–Trinajstić information content (AvgIpc) is 2.44.